The molecule has 1 aromatic heterocycles. The average molecular weight is 436 g/mol. The molecule has 0 radical (unpaired) electrons. The first-order valence-corrected chi connectivity index (χ1v) is 10.8. The predicted octanol–water partition coefficient (Wildman–Crippen LogP) is 4.72. The van der Waals surface area contributed by atoms with Gasteiger partial charge in [0, 0.05) is 48.4 Å². The molecule has 6 nitrogen and oxygen atoms in total. The molecular formula is C24H26ClN5O. The largest absolute Gasteiger partial charge is 0.368 e. The number of nitrogen functional groups attached to an aromatic ring is 1. The maximum Gasteiger partial charge on any atom is 0.221 e. The average Bonchev–Trinajstić information content (AvgIpc) is 2.76. The van der Waals surface area contributed by atoms with Crippen LogP contribution in [0.5, 0.6) is 0 Å². The van der Waals surface area contributed by atoms with Crippen molar-refractivity contribution in [3.05, 3.63) is 71.0 Å². The lowest BCUT2D eigenvalue weighted by atomic mass is 9.89. The molecule has 1 aliphatic rings. The van der Waals surface area contributed by atoms with Gasteiger partial charge in [-0.05, 0) is 54.8 Å². The van der Waals surface area contributed by atoms with E-state index in [2.05, 4.69) is 32.3 Å². The van der Waals surface area contributed by atoms with Gasteiger partial charge >= 0.3 is 0 Å². The highest BCUT2D eigenvalue weighted by Crippen LogP contribution is 2.34. The number of rotatable bonds is 5. The maximum absolute atomic E-state index is 11.2. The summed E-state index contributed by atoms with van der Waals surface area (Å²) >= 11 is 6.06. The Labute approximate surface area is 187 Å². The Balaban J connectivity index is 1.51. The highest BCUT2D eigenvalue weighted by atomic mass is 35.5. The van der Waals surface area contributed by atoms with Crippen LogP contribution < -0.4 is 11.1 Å². The van der Waals surface area contributed by atoms with E-state index in [1.807, 2.05) is 42.6 Å². The fourth-order valence-corrected chi connectivity index (χ4v) is 4.28. The van der Waals surface area contributed by atoms with Crippen LogP contribution in [0.15, 0.2) is 54.7 Å². The number of hydrogen-bond acceptors (Lipinski definition) is 5. The SMILES string of the molecule is CC(=O)Nc1ccc(CN2CCCC(c3nc(N)ncc3-c3ccc(Cl)cc3)C2)cc1. The van der Waals surface area contributed by atoms with E-state index < -0.39 is 0 Å². The molecule has 1 atom stereocenters. The number of hydrogen-bond donors (Lipinski definition) is 2. The van der Waals surface area contributed by atoms with Crippen LogP contribution in [0.1, 0.15) is 36.9 Å². The van der Waals surface area contributed by atoms with Gasteiger partial charge in [0.15, 0.2) is 0 Å². The van der Waals surface area contributed by atoms with Crippen molar-refractivity contribution in [1.82, 2.24) is 14.9 Å². The normalized spacial score (nSPS) is 16.8. The highest BCUT2D eigenvalue weighted by molar-refractivity contribution is 6.30. The fourth-order valence-electron chi connectivity index (χ4n) is 4.15. The number of nitrogens with zero attached hydrogens (tertiary/aromatic N) is 3. The number of amides is 1. The lowest BCUT2D eigenvalue weighted by Crippen LogP contribution is -2.34. The zero-order valence-electron chi connectivity index (χ0n) is 17.5. The minimum absolute atomic E-state index is 0.0627. The van der Waals surface area contributed by atoms with Crippen molar-refractivity contribution in [2.75, 3.05) is 24.1 Å². The number of nitrogens with one attached hydrogen (secondary N) is 1. The van der Waals surface area contributed by atoms with E-state index in [-0.39, 0.29) is 11.8 Å². The zero-order chi connectivity index (χ0) is 21.8. The number of likely N-dealkylation sites (tertiary alicyclic amines) is 1. The van der Waals surface area contributed by atoms with Gasteiger partial charge in [0.25, 0.3) is 0 Å². The van der Waals surface area contributed by atoms with E-state index in [0.29, 0.717) is 11.0 Å². The summed E-state index contributed by atoms with van der Waals surface area (Å²) in [4.78, 5) is 22.5. The number of benzene rings is 2. The Kier molecular flexibility index (Phi) is 6.49. The monoisotopic (exact) mass is 435 g/mol. The Morgan fingerprint density at radius 3 is 2.65 bits per heavy atom. The Hall–Kier alpha value is -2.96. The lowest BCUT2D eigenvalue weighted by molar-refractivity contribution is -0.114. The van der Waals surface area contributed by atoms with Gasteiger partial charge in [-0.25, -0.2) is 9.97 Å². The van der Waals surface area contributed by atoms with E-state index in [4.69, 9.17) is 17.3 Å². The van der Waals surface area contributed by atoms with Crippen molar-refractivity contribution in [3.8, 4) is 11.1 Å². The van der Waals surface area contributed by atoms with Gasteiger partial charge in [0.2, 0.25) is 11.9 Å². The first kappa shape index (κ1) is 21.3. The van der Waals surface area contributed by atoms with Crippen LogP contribution >= 0.6 is 11.6 Å². The van der Waals surface area contributed by atoms with Crippen LogP contribution in [0.4, 0.5) is 11.6 Å². The molecule has 0 spiro atoms. The summed E-state index contributed by atoms with van der Waals surface area (Å²) in [6.07, 6.45) is 3.98. The second-order valence-corrected chi connectivity index (χ2v) is 8.42. The van der Waals surface area contributed by atoms with Crippen LogP contribution in [-0.2, 0) is 11.3 Å². The highest BCUT2D eigenvalue weighted by Gasteiger charge is 2.25. The Morgan fingerprint density at radius 1 is 1.19 bits per heavy atom. The number of carbonyl (C=O) groups is 1. The first-order chi connectivity index (χ1) is 15.0. The summed E-state index contributed by atoms with van der Waals surface area (Å²) in [5.41, 5.74) is 11.0. The molecule has 7 heteroatoms. The number of aromatic nitrogens is 2. The summed E-state index contributed by atoms with van der Waals surface area (Å²) in [6.45, 7) is 4.32. The molecule has 3 aromatic rings. The third-order valence-corrected chi connectivity index (χ3v) is 5.82. The van der Waals surface area contributed by atoms with Crippen molar-refractivity contribution >= 4 is 29.1 Å². The van der Waals surface area contributed by atoms with Gasteiger partial charge in [-0.3, -0.25) is 9.69 Å². The molecule has 1 amide bonds. The van der Waals surface area contributed by atoms with Gasteiger partial charge < -0.3 is 11.1 Å². The van der Waals surface area contributed by atoms with E-state index >= 15 is 0 Å². The van der Waals surface area contributed by atoms with Gasteiger partial charge in [0.1, 0.15) is 0 Å². The van der Waals surface area contributed by atoms with E-state index in [1.165, 1.54) is 12.5 Å². The quantitative estimate of drug-likeness (QED) is 0.605. The van der Waals surface area contributed by atoms with E-state index in [9.17, 15) is 4.79 Å². The smallest absolute Gasteiger partial charge is 0.221 e. The molecule has 1 aliphatic heterocycles. The predicted molar refractivity (Wildman–Crippen MR) is 125 cm³/mol. The Morgan fingerprint density at radius 2 is 1.94 bits per heavy atom. The van der Waals surface area contributed by atoms with Gasteiger partial charge in [-0.1, -0.05) is 35.9 Å². The second-order valence-electron chi connectivity index (χ2n) is 7.99. The van der Waals surface area contributed by atoms with Crippen LogP contribution in [0.3, 0.4) is 0 Å². The molecule has 2 aromatic carbocycles. The summed E-state index contributed by atoms with van der Waals surface area (Å²) in [5.74, 6) is 0.522. The third-order valence-electron chi connectivity index (χ3n) is 5.56. The van der Waals surface area contributed by atoms with Crippen molar-refractivity contribution in [1.29, 1.82) is 0 Å². The van der Waals surface area contributed by atoms with Crippen molar-refractivity contribution < 1.29 is 4.79 Å². The summed E-state index contributed by atoms with van der Waals surface area (Å²) in [5, 5.41) is 3.51. The molecule has 160 valence electrons. The minimum atomic E-state index is -0.0627. The minimum Gasteiger partial charge on any atom is -0.368 e. The van der Waals surface area contributed by atoms with Crippen molar-refractivity contribution in [2.45, 2.75) is 32.2 Å². The number of anilines is 2. The zero-order valence-corrected chi connectivity index (χ0v) is 18.3. The maximum atomic E-state index is 11.2. The van der Waals surface area contributed by atoms with Gasteiger partial charge in [-0.2, -0.15) is 0 Å². The summed E-state index contributed by atoms with van der Waals surface area (Å²) in [6, 6.07) is 15.8. The van der Waals surface area contributed by atoms with Crippen molar-refractivity contribution in [2.24, 2.45) is 0 Å². The van der Waals surface area contributed by atoms with E-state index in [1.54, 1.807) is 0 Å². The molecule has 2 heterocycles. The van der Waals surface area contributed by atoms with Gasteiger partial charge in [-0.15, -0.1) is 0 Å². The van der Waals surface area contributed by atoms with E-state index in [0.717, 1.165) is 55.0 Å². The number of halogens is 1. The Bertz CT molecular complexity index is 1050. The number of piperidine rings is 1. The summed E-state index contributed by atoms with van der Waals surface area (Å²) < 4.78 is 0. The fraction of sp³-hybridized carbons (Fsp3) is 0.292. The number of nitrogens with two attached hydrogens (primary N) is 1. The molecule has 4 rings (SSSR count). The lowest BCUT2D eigenvalue weighted by Gasteiger charge is -2.33. The van der Waals surface area contributed by atoms with Crippen LogP contribution in [0.2, 0.25) is 5.02 Å². The second kappa shape index (κ2) is 9.45. The molecule has 1 unspecified atom stereocenters. The van der Waals surface area contributed by atoms with Crippen molar-refractivity contribution in [3.63, 3.8) is 0 Å². The van der Waals surface area contributed by atoms with Gasteiger partial charge in [0.05, 0.1) is 5.69 Å². The molecular weight excluding hydrogens is 410 g/mol. The molecule has 0 bridgehead atoms. The summed E-state index contributed by atoms with van der Waals surface area (Å²) in [7, 11) is 0. The molecule has 1 fully saturated rings. The molecule has 0 aliphatic carbocycles. The number of carbonyl (C=O) groups excluding carboxylic acids is 1. The first-order valence-electron chi connectivity index (χ1n) is 10.4. The molecule has 1 saturated heterocycles. The topological polar surface area (TPSA) is 84.1 Å². The molecule has 3 N–H and O–H groups in total. The molecule has 0 saturated carbocycles. The van der Waals surface area contributed by atoms with Crippen LogP contribution in [0.25, 0.3) is 11.1 Å². The van der Waals surface area contributed by atoms with Crippen LogP contribution in [-0.4, -0.2) is 33.9 Å². The third kappa shape index (κ3) is 5.40. The van der Waals surface area contributed by atoms with Crippen LogP contribution in [0, 0.1) is 0 Å². The standard InChI is InChI=1S/C24H26ClN5O/c1-16(31)28-21-10-4-17(5-11-21)14-30-12-2-3-19(15-30)23-22(13-27-24(26)29-23)18-6-8-20(25)9-7-18/h4-11,13,19H,2-3,12,14-15H2,1H3,(H,28,31)(H2,26,27,29). The molecule has 31 heavy (non-hydrogen) atoms.